The third kappa shape index (κ3) is 5.68. The molecular weight excluding hydrogens is 338 g/mol. The molecular formula is C19H30ClN3O2. The Hall–Kier alpha value is -1.14. The Morgan fingerprint density at radius 3 is 2.76 bits per heavy atom. The average molecular weight is 368 g/mol. The maximum Gasteiger partial charge on any atom is 0.251 e. The number of morpholine rings is 1. The predicted molar refractivity (Wildman–Crippen MR) is 103 cm³/mol. The minimum atomic E-state index is 0. The highest BCUT2D eigenvalue weighted by molar-refractivity contribution is 5.94. The summed E-state index contributed by atoms with van der Waals surface area (Å²) in [7, 11) is 0. The Kier molecular flexibility index (Phi) is 8.16. The smallest absolute Gasteiger partial charge is 0.251 e. The van der Waals surface area contributed by atoms with Crippen LogP contribution in [0.2, 0.25) is 0 Å². The highest BCUT2D eigenvalue weighted by Crippen LogP contribution is 2.29. The number of carbonyl (C=O) groups excluding carboxylic acids is 1. The van der Waals surface area contributed by atoms with Crippen molar-refractivity contribution in [3.8, 4) is 0 Å². The normalized spacial score (nSPS) is 26.0. The van der Waals surface area contributed by atoms with E-state index in [0.717, 1.165) is 31.9 Å². The van der Waals surface area contributed by atoms with E-state index in [-0.39, 0.29) is 18.3 Å². The highest BCUT2D eigenvalue weighted by atomic mass is 35.5. The Morgan fingerprint density at radius 1 is 1.24 bits per heavy atom. The average Bonchev–Trinajstić information content (AvgIpc) is 3.08. The zero-order chi connectivity index (χ0) is 16.8. The van der Waals surface area contributed by atoms with E-state index in [0.29, 0.717) is 24.5 Å². The summed E-state index contributed by atoms with van der Waals surface area (Å²) in [6, 6.07) is 8.69. The third-order valence-electron chi connectivity index (χ3n) is 5.17. The summed E-state index contributed by atoms with van der Waals surface area (Å²) in [6.07, 6.45) is 3.75. The van der Waals surface area contributed by atoms with Crippen LogP contribution in [0.1, 0.15) is 35.2 Å². The Balaban J connectivity index is 0.00000225. The van der Waals surface area contributed by atoms with E-state index in [1.807, 2.05) is 31.2 Å². The van der Waals surface area contributed by atoms with Crippen molar-refractivity contribution >= 4 is 18.3 Å². The Labute approximate surface area is 156 Å². The molecule has 1 saturated carbocycles. The number of benzene rings is 1. The fourth-order valence-corrected chi connectivity index (χ4v) is 3.83. The minimum absolute atomic E-state index is 0. The number of hydrogen-bond acceptors (Lipinski definition) is 4. The molecule has 0 bridgehead atoms. The summed E-state index contributed by atoms with van der Waals surface area (Å²) >= 11 is 0. The van der Waals surface area contributed by atoms with Gasteiger partial charge in [0.05, 0.1) is 13.2 Å². The van der Waals surface area contributed by atoms with E-state index in [1.54, 1.807) is 0 Å². The molecule has 6 heteroatoms. The highest BCUT2D eigenvalue weighted by Gasteiger charge is 2.34. The predicted octanol–water partition coefficient (Wildman–Crippen LogP) is 1.89. The first-order chi connectivity index (χ1) is 11.7. The maximum absolute atomic E-state index is 12.1. The molecule has 2 aliphatic rings. The lowest BCUT2D eigenvalue weighted by molar-refractivity contribution is 0.0526. The van der Waals surface area contributed by atoms with Gasteiger partial charge in [-0.2, -0.15) is 0 Å². The molecule has 1 amide bonds. The Bertz CT molecular complexity index is 532. The molecule has 25 heavy (non-hydrogen) atoms. The topological polar surface area (TPSA) is 62.4 Å². The standard InChI is InChI=1S/C19H29N3O2.ClH/c1-14-5-7-15(8-6-14)19(23)22-10-9-20-17-4-2-3-16(17)18-13-24-12-11-21-18;/h5-8,16-18,20-21H,2-4,9-13H2,1H3,(H,22,23);1H. The molecule has 1 heterocycles. The van der Waals surface area contributed by atoms with Crippen molar-refractivity contribution < 1.29 is 9.53 Å². The lowest BCUT2D eigenvalue weighted by Gasteiger charge is -2.33. The number of halogens is 1. The number of amides is 1. The van der Waals surface area contributed by atoms with E-state index >= 15 is 0 Å². The molecule has 1 aliphatic heterocycles. The van der Waals surface area contributed by atoms with Gasteiger partial charge >= 0.3 is 0 Å². The van der Waals surface area contributed by atoms with E-state index in [1.165, 1.54) is 24.8 Å². The van der Waals surface area contributed by atoms with Crippen LogP contribution in [0.5, 0.6) is 0 Å². The molecule has 3 unspecified atom stereocenters. The van der Waals surface area contributed by atoms with Crippen molar-refractivity contribution in [2.45, 2.75) is 38.3 Å². The number of ether oxygens (including phenoxy) is 1. The summed E-state index contributed by atoms with van der Waals surface area (Å²) < 4.78 is 5.61. The molecule has 3 N–H and O–H groups in total. The van der Waals surface area contributed by atoms with Gasteiger partial charge < -0.3 is 20.7 Å². The SMILES string of the molecule is Cc1ccc(C(=O)NCCNC2CCCC2C2COCCN2)cc1.Cl. The van der Waals surface area contributed by atoms with Crippen LogP contribution < -0.4 is 16.0 Å². The van der Waals surface area contributed by atoms with E-state index in [2.05, 4.69) is 16.0 Å². The summed E-state index contributed by atoms with van der Waals surface area (Å²) in [5, 5.41) is 10.2. The van der Waals surface area contributed by atoms with Crippen LogP contribution in [0.25, 0.3) is 0 Å². The van der Waals surface area contributed by atoms with E-state index < -0.39 is 0 Å². The molecule has 2 fully saturated rings. The number of rotatable bonds is 6. The summed E-state index contributed by atoms with van der Waals surface area (Å²) in [5.74, 6) is 0.639. The monoisotopic (exact) mass is 367 g/mol. The van der Waals surface area contributed by atoms with Crippen molar-refractivity contribution in [3.63, 3.8) is 0 Å². The molecule has 1 aromatic rings. The first-order valence-electron chi connectivity index (χ1n) is 9.13. The molecule has 0 radical (unpaired) electrons. The van der Waals surface area contributed by atoms with Crippen LogP contribution in [-0.2, 0) is 4.74 Å². The number of hydrogen-bond donors (Lipinski definition) is 3. The van der Waals surface area contributed by atoms with Gasteiger partial charge in [-0.05, 0) is 37.8 Å². The number of nitrogens with one attached hydrogen (secondary N) is 3. The molecule has 3 atom stereocenters. The minimum Gasteiger partial charge on any atom is -0.379 e. The van der Waals surface area contributed by atoms with Gasteiger partial charge in [-0.3, -0.25) is 4.79 Å². The van der Waals surface area contributed by atoms with Gasteiger partial charge in [-0.25, -0.2) is 0 Å². The molecule has 3 rings (SSSR count). The molecule has 1 saturated heterocycles. The first kappa shape index (κ1) is 20.2. The maximum atomic E-state index is 12.1. The largest absolute Gasteiger partial charge is 0.379 e. The van der Waals surface area contributed by atoms with Crippen molar-refractivity contribution in [1.82, 2.24) is 16.0 Å². The molecule has 1 aromatic carbocycles. The number of carbonyl (C=O) groups is 1. The van der Waals surface area contributed by atoms with Crippen LogP contribution in [0, 0.1) is 12.8 Å². The summed E-state index contributed by atoms with van der Waals surface area (Å²) in [4.78, 5) is 12.1. The van der Waals surface area contributed by atoms with Crippen LogP contribution >= 0.6 is 12.4 Å². The third-order valence-corrected chi connectivity index (χ3v) is 5.17. The van der Waals surface area contributed by atoms with Gasteiger partial charge in [0.1, 0.15) is 0 Å². The zero-order valence-electron chi connectivity index (χ0n) is 14.9. The summed E-state index contributed by atoms with van der Waals surface area (Å²) in [5.41, 5.74) is 1.89. The van der Waals surface area contributed by atoms with Crippen molar-refractivity contribution in [2.75, 3.05) is 32.8 Å². The second-order valence-electron chi connectivity index (χ2n) is 6.91. The van der Waals surface area contributed by atoms with Gasteiger partial charge in [0.25, 0.3) is 5.91 Å². The molecule has 0 aromatic heterocycles. The van der Waals surface area contributed by atoms with Crippen LogP contribution in [0.15, 0.2) is 24.3 Å². The van der Waals surface area contributed by atoms with E-state index in [9.17, 15) is 4.79 Å². The lowest BCUT2D eigenvalue weighted by Crippen LogP contribution is -2.51. The van der Waals surface area contributed by atoms with Crippen LogP contribution in [0.4, 0.5) is 0 Å². The van der Waals surface area contributed by atoms with Gasteiger partial charge in [-0.1, -0.05) is 24.1 Å². The van der Waals surface area contributed by atoms with Gasteiger partial charge in [0.2, 0.25) is 0 Å². The quantitative estimate of drug-likeness (QED) is 0.672. The molecule has 0 spiro atoms. The van der Waals surface area contributed by atoms with Crippen LogP contribution in [-0.4, -0.2) is 50.8 Å². The Morgan fingerprint density at radius 2 is 2.04 bits per heavy atom. The first-order valence-corrected chi connectivity index (χ1v) is 9.13. The van der Waals surface area contributed by atoms with Crippen LogP contribution in [0.3, 0.4) is 0 Å². The van der Waals surface area contributed by atoms with Crippen molar-refractivity contribution in [3.05, 3.63) is 35.4 Å². The molecule has 140 valence electrons. The molecule has 5 nitrogen and oxygen atoms in total. The van der Waals surface area contributed by atoms with E-state index in [4.69, 9.17) is 4.74 Å². The lowest BCUT2D eigenvalue weighted by atomic mass is 9.94. The van der Waals surface area contributed by atoms with Gasteiger partial charge in [-0.15, -0.1) is 12.4 Å². The van der Waals surface area contributed by atoms with Crippen molar-refractivity contribution in [1.29, 1.82) is 0 Å². The van der Waals surface area contributed by atoms with Gasteiger partial charge in [0.15, 0.2) is 0 Å². The molecule has 1 aliphatic carbocycles. The fourth-order valence-electron chi connectivity index (χ4n) is 3.83. The van der Waals surface area contributed by atoms with Gasteiger partial charge in [0, 0.05) is 37.3 Å². The summed E-state index contributed by atoms with van der Waals surface area (Å²) in [6.45, 7) is 6.10. The second kappa shape index (κ2) is 10.1. The number of aryl methyl sites for hydroxylation is 1. The second-order valence-corrected chi connectivity index (χ2v) is 6.91. The fraction of sp³-hybridized carbons (Fsp3) is 0.632. The zero-order valence-corrected chi connectivity index (χ0v) is 15.7. The van der Waals surface area contributed by atoms with Crippen molar-refractivity contribution in [2.24, 2.45) is 5.92 Å².